The Bertz CT molecular complexity index is 371. The maximum Gasteiger partial charge on any atom is 0.147 e. The van der Waals surface area contributed by atoms with Gasteiger partial charge in [-0.2, -0.15) is 0 Å². The summed E-state index contributed by atoms with van der Waals surface area (Å²) >= 11 is 0. The van der Waals surface area contributed by atoms with Crippen molar-refractivity contribution in [3.63, 3.8) is 0 Å². The minimum atomic E-state index is -0.236. The van der Waals surface area contributed by atoms with Crippen molar-refractivity contribution in [2.24, 2.45) is 0 Å². The molecular formula is C12H22N4O. The molecule has 1 aromatic rings. The minimum absolute atomic E-state index is 0.236. The van der Waals surface area contributed by atoms with E-state index in [9.17, 15) is 5.11 Å². The first kappa shape index (κ1) is 12.5. The standard InChI is InChI=1S/C12H22N4O/c1-9(17)6-7-15(3)8-12-14-13-10(2)16(12)11-4-5-11/h9,11,17H,4-8H2,1-3H3. The van der Waals surface area contributed by atoms with E-state index in [4.69, 9.17) is 0 Å². The average molecular weight is 238 g/mol. The topological polar surface area (TPSA) is 54.2 Å². The van der Waals surface area contributed by atoms with Gasteiger partial charge in [0.05, 0.1) is 12.6 Å². The van der Waals surface area contributed by atoms with Gasteiger partial charge in [-0.15, -0.1) is 10.2 Å². The summed E-state index contributed by atoms with van der Waals surface area (Å²) < 4.78 is 2.26. The molecule has 5 heteroatoms. The third-order valence-electron chi connectivity index (χ3n) is 3.19. The number of hydrogen-bond acceptors (Lipinski definition) is 4. The van der Waals surface area contributed by atoms with Gasteiger partial charge in [-0.3, -0.25) is 4.90 Å². The highest BCUT2D eigenvalue weighted by Crippen LogP contribution is 2.36. The van der Waals surface area contributed by atoms with Crippen molar-refractivity contribution >= 4 is 0 Å². The minimum Gasteiger partial charge on any atom is -0.393 e. The molecule has 0 radical (unpaired) electrons. The Hall–Kier alpha value is -0.940. The van der Waals surface area contributed by atoms with Gasteiger partial charge in [0.15, 0.2) is 0 Å². The van der Waals surface area contributed by atoms with Gasteiger partial charge in [-0.25, -0.2) is 0 Å². The monoisotopic (exact) mass is 238 g/mol. The van der Waals surface area contributed by atoms with Crippen LogP contribution in [0.1, 0.15) is 43.9 Å². The lowest BCUT2D eigenvalue weighted by molar-refractivity contribution is 0.161. The molecule has 0 saturated heterocycles. The molecule has 5 nitrogen and oxygen atoms in total. The average Bonchev–Trinajstić information content (AvgIpc) is 3.02. The van der Waals surface area contributed by atoms with E-state index in [-0.39, 0.29) is 6.10 Å². The Balaban J connectivity index is 1.93. The number of nitrogens with zero attached hydrogens (tertiary/aromatic N) is 4. The van der Waals surface area contributed by atoms with Crippen LogP contribution in [0.4, 0.5) is 0 Å². The lowest BCUT2D eigenvalue weighted by Gasteiger charge is -2.17. The first-order valence-electron chi connectivity index (χ1n) is 6.35. The molecule has 1 aliphatic rings. The number of aryl methyl sites for hydroxylation is 1. The molecule has 1 fully saturated rings. The lowest BCUT2D eigenvalue weighted by atomic mass is 10.3. The van der Waals surface area contributed by atoms with Crippen LogP contribution in [0, 0.1) is 6.92 Å². The van der Waals surface area contributed by atoms with Gasteiger partial charge in [0.2, 0.25) is 0 Å². The Labute approximate surface area is 102 Å². The number of rotatable bonds is 6. The molecule has 17 heavy (non-hydrogen) atoms. The summed E-state index contributed by atoms with van der Waals surface area (Å²) in [4.78, 5) is 2.19. The third-order valence-corrected chi connectivity index (χ3v) is 3.19. The van der Waals surface area contributed by atoms with Gasteiger partial charge in [-0.1, -0.05) is 0 Å². The molecule has 0 amide bonds. The summed E-state index contributed by atoms with van der Waals surface area (Å²) in [5.41, 5.74) is 0. The maximum absolute atomic E-state index is 9.26. The second-order valence-electron chi connectivity index (χ2n) is 5.14. The molecule has 0 bridgehead atoms. The summed E-state index contributed by atoms with van der Waals surface area (Å²) in [6.07, 6.45) is 3.07. The Kier molecular flexibility index (Phi) is 3.79. The van der Waals surface area contributed by atoms with E-state index in [1.165, 1.54) is 12.8 Å². The van der Waals surface area contributed by atoms with Crippen LogP contribution < -0.4 is 0 Å². The molecule has 1 unspecified atom stereocenters. The quantitative estimate of drug-likeness (QED) is 0.807. The molecule has 96 valence electrons. The van der Waals surface area contributed by atoms with Crippen molar-refractivity contribution < 1.29 is 5.11 Å². The Morgan fingerprint density at radius 3 is 2.76 bits per heavy atom. The molecule has 1 aliphatic carbocycles. The van der Waals surface area contributed by atoms with Crippen molar-refractivity contribution in [2.75, 3.05) is 13.6 Å². The fourth-order valence-electron chi connectivity index (χ4n) is 2.06. The summed E-state index contributed by atoms with van der Waals surface area (Å²) in [7, 11) is 2.06. The van der Waals surface area contributed by atoms with Gasteiger partial charge in [0.1, 0.15) is 11.6 Å². The van der Waals surface area contributed by atoms with Crippen LogP contribution in [0.15, 0.2) is 0 Å². The molecule has 0 aromatic carbocycles. The molecule has 1 saturated carbocycles. The number of aliphatic hydroxyl groups is 1. The zero-order valence-electron chi connectivity index (χ0n) is 10.9. The van der Waals surface area contributed by atoms with E-state index in [2.05, 4.69) is 26.7 Å². The predicted octanol–water partition coefficient (Wildman–Crippen LogP) is 1.12. The SMILES string of the molecule is Cc1nnc(CN(C)CCC(C)O)n1C1CC1. The second kappa shape index (κ2) is 5.14. The van der Waals surface area contributed by atoms with Crippen LogP contribution in [-0.4, -0.2) is 44.5 Å². The van der Waals surface area contributed by atoms with Crippen LogP contribution in [0.25, 0.3) is 0 Å². The van der Waals surface area contributed by atoms with Crippen LogP contribution in [-0.2, 0) is 6.54 Å². The number of aliphatic hydroxyl groups excluding tert-OH is 1. The zero-order chi connectivity index (χ0) is 12.4. The van der Waals surface area contributed by atoms with E-state index in [0.29, 0.717) is 6.04 Å². The van der Waals surface area contributed by atoms with Crippen molar-refractivity contribution in [1.29, 1.82) is 0 Å². The fraction of sp³-hybridized carbons (Fsp3) is 0.833. The smallest absolute Gasteiger partial charge is 0.147 e. The third kappa shape index (κ3) is 3.26. The van der Waals surface area contributed by atoms with Crippen molar-refractivity contribution in [3.8, 4) is 0 Å². The van der Waals surface area contributed by atoms with Crippen LogP contribution in [0.3, 0.4) is 0 Å². The Morgan fingerprint density at radius 1 is 1.47 bits per heavy atom. The molecule has 0 aliphatic heterocycles. The fourth-order valence-corrected chi connectivity index (χ4v) is 2.06. The molecule has 1 heterocycles. The van der Waals surface area contributed by atoms with Gasteiger partial charge in [0.25, 0.3) is 0 Å². The zero-order valence-corrected chi connectivity index (χ0v) is 10.9. The van der Waals surface area contributed by atoms with Crippen molar-refractivity contribution in [3.05, 3.63) is 11.6 Å². The first-order valence-corrected chi connectivity index (χ1v) is 6.35. The molecular weight excluding hydrogens is 216 g/mol. The van der Waals surface area contributed by atoms with Crippen LogP contribution >= 0.6 is 0 Å². The number of aromatic nitrogens is 3. The van der Waals surface area contributed by atoms with Crippen LogP contribution in [0.2, 0.25) is 0 Å². The van der Waals surface area contributed by atoms with E-state index in [1.54, 1.807) is 0 Å². The van der Waals surface area contributed by atoms with Crippen molar-refractivity contribution in [2.45, 2.75) is 51.8 Å². The summed E-state index contributed by atoms with van der Waals surface area (Å²) in [5.74, 6) is 2.07. The van der Waals surface area contributed by atoms with Gasteiger partial charge in [-0.05, 0) is 40.2 Å². The van der Waals surface area contributed by atoms with Gasteiger partial charge in [0, 0.05) is 12.6 Å². The van der Waals surface area contributed by atoms with Gasteiger partial charge < -0.3 is 9.67 Å². The highest BCUT2D eigenvalue weighted by Gasteiger charge is 2.28. The van der Waals surface area contributed by atoms with Crippen molar-refractivity contribution in [1.82, 2.24) is 19.7 Å². The molecule has 1 N–H and O–H groups in total. The maximum atomic E-state index is 9.26. The van der Waals surface area contributed by atoms with Crippen LogP contribution in [0.5, 0.6) is 0 Å². The largest absolute Gasteiger partial charge is 0.393 e. The second-order valence-corrected chi connectivity index (χ2v) is 5.14. The highest BCUT2D eigenvalue weighted by atomic mass is 16.3. The lowest BCUT2D eigenvalue weighted by Crippen LogP contribution is -2.24. The summed E-state index contributed by atoms with van der Waals surface area (Å²) in [5, 5.41) is 17.7. The predicted molar refractivity (Wildman–Crippen MR) is 65.7 cm³/mol. The molecule has 2 rings (SSSR count). The molecule has 0 spiro atoms. The van der Waals surface area contributed by atoms with E-state index < -0.39 is 0 Å². The Morgan fingerprint density at radius 2 is 2.18 bits per heavy atom. The normalized spacial score (nSPS) is 17.7. The van der Waals surface area contributed by atoms with E-state index in [0.717, 1.165) is 31.2 Å². The highest BCUT2D eigenvalue weighted by molar-refractivity contribution is 5.01. The van der Waals surface area contributed by atoms with E-state index >= 15 is 0 Å². The molecule has 1 aromatic heterocycles. The summed E-state index contributed by atoms with van der Waals surface area (Å²) in [6, 6.07) is 0.630. The van der Waals surface area contributed by atoms with E-state index in [1.807, 2.05) is 13.8 Å². The summed E-state index contributed by atoms with van der Waals surface area (Å²) in [6.45, 7) is 5.54. The number of hydrogen-bond donors (Lipinski definition) is 1. The van der Waals surface area contributed by atoms with Gasteiger partial charge >= 0.3 is 0 Å². The molecule has 1 atom stereocenters. The first-order chi connectivity index (χ1) is 8.08.